The van der Waals surface area contributed by atoms with E-state index in [1.807, 2.05) is 6.92 Å². The Kier molecular flexibility index (Phi) is 19.0. The Labute approximate surface area is 178 Å². The topological polar surface area (TPSA) is 141 Å². The van der Waals surface area contributed by atoms with Crippen LogP contribution in [0.5, 0.6) is 0 Å². The van der Waals surface area contributed by atoms with E-state index in [4.69, 9.17) is 38.5 Å². The normalized spacial score (nSPS) is 11.2. The molecule has 11 heteroatoms. The van der Waals surface area contributed by atoms with Crippen LogP contribution in [0.25, 0.3) is 0 Å². The van der Waals surface area contributed by atoms with Crippen molar-refractivity contribution in [2.75, 3.05) is 79.3 Å². The Morgan fingerprint density at radius 1 is 0.633 bits per heavy atom. The van der Waals surface area contributed by atoms with Crippen LogP contribution in [0.15, 0.2) is 29.2 Å². The fourth-order valence-electron chi connectivity index (χ4n) is 1.81. The molecule has 0 aromatic heterocycles. The number of hydrogen-bond donors (Lipinski definition) is 3. The molecule has 0 heterocycles. The number of aliphatic hydroxyl groups is 3. The Bertz CT molecular complexity index is 584. The van der Waals surface area contributed by atoms with Crippen molar-refractivity contribution in [1.82, 2.24) is 0 Å². The second-order valence-corrected chi connectivity index (χ2v) is 7.32. The summed E-state index contributed by atoms with van der Waals surface area (Å²) in [6, 6.07) is 6.44. The number of rotatable bonds is 17. The summed E-state index contributed by atoms with van der Waals surface area (Å²) >= 11 is 0. The number of aliphatic hydroxyl groups excluding tert-OH is 3. The Hall–Kier alpha value is -1.15. The largest absolute Gasteiger partial charge is 0.394 e. The van der Waals surface area contributed by atoms with Gasteiger partial charge in [-0.1, -0.05) is 17.7 Å². The summed E-state index contributed by atoms with van der Waals surface area (Å²) in [6.45, 7) is 4.64. The molecule has 0 aliphatic carbocycles. The molecule has 0 unspecified atom stereocenters. The maximum absolute atomic E-state index is 11.8. The smallest absolute Gasteiger partial charge is 0.297 e. The molecule has 0 saturated heterocycles. The van der Waals surface area contributed by atoms with Gasteiger partial charge in [-0.25, -0.2) is 0 Å². The predicted molar refractivity (Wildman–Crippen MR) is 109 cm³/mol. The van der Waals surface area contributed by atoms with Crippen LogP contribution in [0.1, 0.15) is 5.56 Å². The number of benzene rings is 1. The predicted octanol–water partition coefficient (Wildman–Crippen LogP) is -0.270. The second kappa shape index (κ2) is 19.8. The molecule has 0 saturated carbocycles. The molecule has 0 aliphatic rings. The van der Waals surface area contributed by atoms with Gasteiger partial charge in [-0.05, 0) is 19.1 Å². The van der Waals surface area contributed by atoms with E-state index in [1.165, 1.54) is 12.1 Å². The number of aryl methyl sites for hydroxylation is 1. The van der Waals surface area contributed by atoms with Crippen LogP contribution >= 0.6 is 0 Å². The molecule has 1 aromatic rings. The highest BCUT2D eigenvalue weighted by atomic mass is 32.2. The average molecular weight is 455 g/mol. The summed E-state index contributed by atoms with van der Waals surface area (Å²) in [7, 11) is -3.72. The lowest BCUT2D eigenvalue weighted by molar-refractivity contribution is 0.0222. The van der Waals surface area contributed by atoms with E-state index >= 15 is 0 Å². The van der Waals surface area contributed by atoms with E-state index in [2.05, 4.69) is 0 Å². The van der Waals surface area contributed by atoms with Gasteiger partial charge in [0, 0.05) is 0 Å². The molecule has 0 fully saturated rings. The van der Waals surface area contributed by atoms with Crippen molar-refractivity contribution in [1.29, 1.82) is 0 Å². The minimum atomic E-state index is -3.72. The monoisotopic (exact) mass is 454 g/mol. The first-order chi connectivity index (χ1) is 14.5. The van der Waals surface area contributed by atoms with Gasteiger partial charge in [-0.2, -0.15) is 8.42 Å². The third-order valence-electron chi connectivity index (χ3n) is 3.23. The van der Waals surface area contributed by atoms with E-state index in [1.54, 1.807) is 12.1 Å². The van der Waals surface area contributed by atoms with Gasteiger partial charge >= 0.3 is 0 Å². The van der Waals surface area contributed by atoms with Crippen LogP contribution in [0.4, 0.5) is 0 Å². The van der Waals surface area contributed by atoms with Crippen molar-refractivity contribution in [3.8, 4) is 0 Å². The standard InChI is InChI=1S/C13H20O6S.C6H14O4/c1-12-2-4-13(5-3-12)20(15,16)19-11-10-18-9-8-17-7-6-14;7-1-3-9-5-6-10-4-2-8/h2-5,14H,6-11H2,1H3;7-8H,1-6H2. The second-order valence-electron chi connectivity index (χ2n) is 5.71. The first-order valence-electron chi connectivity index (χ1n) is 9.57. The van der Waals surface area contributed by atoms with Crippen molar-refractivity contribution < 1.29 is 46.9 Å². The van der Waals surface area contributed by atoms with Gasteiger partial charge in [0.15, 0.2) is 0 Å². The van der Waals surface area contributed by atoms with Crippen molar-refractivity contribution in [2.24, 2.45) is 0 Å². The van der Waals surface area contributed by atoms with Gasteiger partial charge in [-0.15, -0.1) is 0 Å². The summed E-state index contributed by atoms with van der Waals surface area (Å²) < 4.78 is 48.3. The summed E-state index contributed by atoms with van der Waals surface area (Å²) in [6.07, 6.45) is 0. The third-order valence-corrected chi connectivity index (χ3v) is 4.55. The Morgan fingerprint density at radius 2 is 1.00 bits per heavy atom. The number of hydrogen-bond acceptors (Lipinski definition) is 10. The van der Waals surface area contributed by atoms with Crippen LogP contribution in [0.2, 0.25) is 0 Å². The summed E-state index contributed by atoms with van der Waals surface area (Å²) in [4.78, 5) is 0.134. The molecule has 3 N–H and O–H groups in total. The summed E-state index contributed by atoms with van der Waals surface area (Å²) in [5, 5.41) is 25.0. The van der Waals surface area contributed by atoms with E-state index in [9.17, 15) is 8.42 Å². The van der Waals surface area contributed by atoms with E-state index in [-0.39, 0.29) is 44.5 Å². The molecular weight excluding hydrogens is 420 g/mol. The molecule has 1 aromatic carbocycles. The molecule has 0 atom stereocenters. The maximum Gasteiger partial charge on any atom is 0.297 e. The molecule has 10 nitrogen and oxygen atoms in total. The fraction of sp³-hybridized carbons (Fsp3) is 0.684. The molecule has 1 rings (SSSR count). The summed E-state index contributed by atoms with van der Waals surface area (Å²) in [5.41, 5.74) is 0.982. The van der Waals surface area contributed by atoms with Gasteiger partial charge in [0.05, 0.1) is 84.2 Å². The highest BCUT2D eigenvalue weighted by molar-refractivity contribution is 7.86. The van der Waals surface area contributed by atoms with Crippen molar-refractivity contribution >= 4 is 10.1 Å². The van der Waals surface area contributed by atoms with E-state index < -0.39 is 10.1 Å². The van der Waals surface area contributed by atoms with Crippen LogP contribution in [-0.4, -0.2) is 103 Å². The maximum atomic E-state index is 11.8. The third kappa shape index (κ3) is 16.6. The lowest BCUT2D eigenvalue weighted by atomic mass is 10.2. The first kappa shape index (κ1) is 28.9. The highest BCUT2D eigenvalue weighted by Crippen LogP contribution is 2.12. The van der Waals surface area contributed by atoms with Crippen LogP contribution in [0, 0.1) is 6.92 Å². The number of ether oxygens (including phenoxy) is 4. The van der Waals surface area contributed by atoms with Crippen molar-refractivity contribution in [3.63, 3.8) is 0 Å². The SMILES string of the molecule is Cc1ccc(S(=O)(=O)OCCOCCOCCO)cc1.OCCOCCOCCO. The minimum absolute atomic E-state index is 0.0299. The van der Waals surface area contributed by atoms with Gasteiger partial charge in [0.25, 0.3) is 10.1 Å². The van der Waals surface area contributed by atoms with Crippen LogP contribution in [0.3, 0.4) is 0 Å². The molecule has 0 amide bonds. The van der Waals surface area contributed by atoms with Gasteiger partial charge in [-0.3, -0.25) is 4.18 Å². The van der Waals surface area contributed by atoms with Crippen LogP contribution in [-0.2, 0) is 33.2 Å². The van der Waals surface area contributed by atoms with Gasteiger partial charge < -0.3 is 34.3 Å². The molecule has 0 spiro atoms. The average Bonchev–Trinajstić information content (AvgIpc) is 2.73. The van der Waals surface area contributed by atoms with Gasteiger partial charge in [0.2, 0.25) is 0 Å². The zero-order valence-corrected chi connectivity index (χ0v) is 18.2. The molecule has 176 valence electrons. The molecule has 30 heavy (non-hydrogen) atoms. The van der Waals surface area contributed by atoms with Gasteiger partial charge in [0.1, 0.15) is 0 Å². The van der Waals surface area contributed by atoms with E-state index in [0.29, 0.717) is 39.6 Å². The Morgan fingerprint density at radius 3 is 1.40 bits per heavy atom. The molecule has 0 radical (unpaired) electrons. The lowest BCUT2D eigenvalue weighted by Gasteiger charge is -2.07. The van der Waals surface area contributed by atoms with Crippen molar-refractivity contribution in [2.45, 2.75) is 11.8 Å². The molecule has 0 bridgehead atoms. The minimum Gasteiger partial charge on any atom is -0.394 e. The van der Waals surface area contributed by atoms with E-state index in [0.717, 1.165) is 5.56 Å². The first-order valence-corrected chi connectivity index (χ1v) is 11.0. The Balaban J connectivity index is 0.000000710. The summed E-state index contributed by atoms with van der Waals surface area (Å²) in [5.74, 6) is 0. The quantitative estimate of drug-likeness (QED) is 0.213. The lowest BCUT2D eigenvalue weighted by Crippen LogP contribution is -2.14. The zero-order valence-electron chi connectivity index (χ0n) is 17.4. The fourth-order valence-corrected chi connectivity index (χ4v) is 2.71. The zero-order chi connectivity index (χ0) is 22.5. The van der Waals surface area contributed by atoms with Crippen LogP contribution < -0.4 is 0 Å². The van der Waals surface area contributed by atoms with Crippen molar-refractivity contribution in [3.05, 3.63) is 29.8 Å². The molecule has 0 aliphatic heterocycles. The highest BCUT2D eigenvalue weighted by Gasteiger charge is 2.14. The molecular formula is C19H34O10S.